The Balaban J connectivity index is 1.13. The Hall–Kier alpha value is -6.61. The van der Waals surface area contributed by atoms with E-state index >= 15 is 0 Å². The van der Waals surface area contributed by atoms with Gasteiger partial charge in [0, 0.05) is 23.3 Å². The Labute approximate surface area is 292 Å². The highest BCUT2D eigenvalue weighted by atomic mass is 35.5. The second-order valence-corrected chi connectivity index (χ2v) is 11.6. The number of fused-ring (bicyclic) bond motifs is 2. The number of nitrogens with zero attached hydrogens (tertiary/aromatic N) is 3. The van der Waals surface area contributed by atoms with Gasteiger partial charge in [0.1, 0.15) is 34.6 Å². The van der Waals surface area contributed by atoms with Crippen LogP contribution in [0.1, 0.15) is 67.7 Å². The topological polar surface area (TPSA) is 151 Å². The predicted octanol–water partition coefficient (Wildman–Crippen LogP) is 7.50. The number of anilines is 2. The first-order chi connectivity index (χ1) is 24.0. The molecule has 5 aromatic carbocycles. The predicted molar refractivity (Wildman–Crippen MR) is 180 cm³/mol. The van der Waals surface area contributed by atoms with Crippen molar-refractivity contribution in [3.05, 3.63) is 142 Å². The molecule has 0 saturated carbocycles. The number of imide groups is 2. The summed E-state index contributed by atoms with van der Waals surface area (Å²) in [6.45, 7) is 0. The molecule has 4 amide bonds. The first-order valence-corrected chi connectivity index (χ1v) is 15.4. The summed E-state index contributed by atoms with van der Waals surface area (Å²) in [5.41, 5.74) is 0.830. The molecule has 0 saturated heterocycles. The highest BCUT2D eigenvalue weighted by Crippen LogP contribution is 2.38. The molecule has 5 aromatic rings. The molecule has 0 unspecified atom stereocenters. The van der Waals surface area contributed by atoms with Crippen molar-refractivity contribution in [1.82, 2.24) is 0 Å². The van der Waals surface area contributed by atoms with Gasteiger partial charge in [-0.1, -0.05) is 18.2 Å². The van der Waals surface area contributed by atoms with Gasteiger partial charge in [-0.3, -0.25) is 28.8 Å². The van der Waals surface area contributed by atoms with E-state index in [1.54, 1.807) is 30.3 Å². The summed E-state index contributed by atoms with van der Waals surface area (Å²) in [7, 11) is 0. The van der Waals surface area contributed by atoms with Crippen LogP contribution in [0.15, 0.2) is 103 Å². The maximum Gasteiger partial charge on any atom is 0.266 e. The van der Waals surface area contributed by atoms with E-state index in [2.05, 4.69) is 6.07 Å². The lowest BCUT2D eigenvalue weighted by atomic mass is 10.1. The average molecular weight is 702 g/mol. The maximum absolute atomic E-state index is 13.2. The second-order valence-electron chi connectivity index (χ2n) is 10.9. The van der Waals surface area contributed by atoms with Crippen LogP contribution >= 0.6 is 23.2 Å². The quantitative estimate of drug-likeness (QED) is 0.118. The number of ether oxygens (including phenoxy) is 2. The Morgan fingerprint density at radius 2 is 0.940 bits per heavy atom. The van der Waals surface area contributed by atoms with Gasteiger partial charge in [-0.25, -0.2) is 9.80 Å². The minimum Gasteiger partial charge on any atom is -0.456 e. The Morgan fingerprint density at radius 3 is 1.34 bits per heavy atom. The smallest absolute Gasteiger partial charge is 0.266 e. The van der Waals surface area contributed by atoms with Gasteiger partial charge in [0.15, 0.2) is 0 Å². The standard InChI is InChI=1S/C37H17Cl2N3O8/c38-32(43)19-10-12-25-27(14-19)36(47)41(34(25)45)21-4-1-6-23(16-21)49-30-8-3-9-31(29(30)18-40)50-24-7-2-5-22(17-24)42-35(46)26-13-11-20(33(39)44)15-28(26)37(42)48/h1-17H. The molecule has 2 aliphatic rings. The molecule has 0 spiro atoms. The van der Waals surface area contributed by atoms with Crippen molar-refractivity contribution in [2.75, 3.05) is 9.80 Å². The molecule has 0 fully saturated rings. The normalized spacial score (nSPS) is 13.2. The van der Waals surface area contributed by atoms with Gasteiger partial charge >= 0.3 is 0 Å². The lowest BCUT2D eigenvalue weighted by Gasteiger charge is -2.17. The number of carbonyl (C=O) groups excluding carboxylic acids is 6. The molecule has 50 heavy (non-hydrogen) atoms. The fraction of sp³-hybridized carbons (Fsp3) is 0. The van der Waals surface area contributed by atoms with E-state index in [0.717, 1.165) is 9.80 Å². The largest absolute Gasteiger partial charge is 0.456 e. The number of carbonyl (C=O) groups is 6. The first kappa shape index (κ1) is 32.0. The minimum absolute atomic E-state index is 0.00121. The van der Waals surface area contributed by atoms with Crippen LogP contribution in [0, 0.1) is 11.3 Å². The lowest BCUT2D eigenvalue weighted by Crippen LogP contribution is -2.29. The highest BCUT2D eigenvalue weighted by molar-refractivity contribution is 6.68. The van der Waals surface area contributed by atoms with E-state index in [9.17, 15) is 34.0 Å². The second kappa shape index (κ2) is 12.4. The SMILES string of the molecule is N#Cc1c(Oc2cccc(N3C(=O)c4ccc(C(=O)Cl)cc4C3=O)c2)cccc1Oc1cccc(N2C(=O)c3ccc(C(=O)Cl)cc3C2=O)c1. The Kier molecular flexibility index (Phi) is 7.96. The van der Waals surface area contributed by atoms with E-state index in [0.29, 0.717) is 0 Å². The molecule has 0 aliphatic carbocycles. The van der Waals surface area contributed by atoms with Crippen molar-refractivity contribution in [2.45, 2.75) is 0 Å². The van der Waals surface area contributed by atoms with E-state index in [4.69, 9.17) is 32.7 Å². The maximum atomic E-state index is 13.2. The number of rotatable bonds is 8. The summed E-state index contributed by atoms with van der Waals surface area (Å²) in [5.74, 6) is -1.91. The molecule has 0 aromatic heterocycles. The van der Waals surface area contributed by atoms with E-state index in [-0.39, 0.29) is 73.3 Å². The number of halogens is 2. The van der Waals surface area contributed by atoms with Gasteiger partial charge in [-0.15, -0.1) is 0 Å². The third-order valence-corrected chi connectivity index (χ3v) is 8.37. The van der Waals surface area contributed by atoms with Gasteiger partial charge in [0.25, 0.3) is 34.1 Å². The van der Waals surface area contributed by atoms with Crippen molar-refractivity contribution in [3.63, 3.8) is 0 Å². The van der Waals surface area contributed by atoms with Crippen LogP contribution in [-0.4, -0.2) is 34.1 Å². The summed E-state index contributed by atoms with van der Waals surface area (Å²) in [6, 6.07) is 26.9. The molecule has 13 heteroatoms. The average Bonchev–Trinajstić information content (AvgIpc) is 3.51. The van der Waals surface area contributed by atoms with E-state index < -0.39 is 34.1 Å². The Morgan fingerprint density at radius 1 is 0.540 bits per heavy atom. The van der Waals surface area contributed by atoms with Crippen LogP contribution in [-0.2, 0) is 0 Å². The van der Waals surface area contributed by atoms with E-state index in [1.165, 1.54) is 72.8 Å². The van der Waals surface area contributed by atoms with Crippen LogP contribution in [0.4, 0.5) is 11.4 Å². The first-order valence-electron chi connectivity index (χ1n) is 14.6. The summed E-state index contributed by atoms with van der Waals surface area (Å²) in [4.78, 5) is 77.8. The molecule has 0 radical (unpaired) electrons. The summed E-state index contributed by atoms with van der Waals surface area (Å²) in [5, 5.41) is 8.57. The fourth-order valence-electron chi connectivity index (χ4n) is 5.61. The molecular formula is C37H17Cl2N3O8. The monoisotopic (exact) mass is 701 g/mol. The molecule has 0 atom stereocenters. The molecule has 242 valence electrons. The Bertz CT molecular complexity index is 2260. The third kappa shape index (κ3) is 5.44. The van der Waals surface area contributed by atoms with Crippen molar-refractivity contribution < 1.29 is 38.2 Å². The number of nitriles is 1. The molecule has 11 nitrogen and oxygen atoms in total. The van der Waals surface area contributed by atoms with Crippen LogP contribution in [0.5, 0.6) is 23.0 Å². The van der Waals surface area contributed by atoms with Crippen LogP contribution in [0.3, 0.4) is 0 Å². The van der Waals surface area contributed by atoms with Gasteiger partial charge in [0.05, 0.1) is 33.6 Å². The van der Waals surface area contributed by atoms with Gasteiger partial charge in [-0.05, 0) is 96.0 Å². The molecule has 0 bridgehead atoms. The highest BCUT2D eigenvalue weighted by Gasteiger charge is 2.38. The number of hydrogen-bond donors (Lipinski definition) is 0. The van der Waals surface area contributed by atoms with Crippen molar-refractivity contribution >= 4 is 68.7 Å². The van der Waals surface area contributed by atoms with Gasteiger partial charge < -0.3 is 9.47 Å². The molecule has 2 aliphatic heterocycles. The van der Waals surface area contributed by atoms with Crippen LogP contribution in [0.2, 0.25) is 0 Å². The van der Waals surface area contributed by atoms with Crippen molar-refractivity contribution in [3.8, 4) is 29.1 Å². The fourth-order valence-corrected chi connectivity index (χ4v) is 5.85. The molecule has 2 heterocycles. The zero-order valence-electron chi connectivity index (χ0n) is 25.2. The van der Waals surface area contributed by atoms with Crippen molar-refractivity contribution in [1.29, 1.82) is 5.26 Å². The summed E-state index contributed by atoms with van der Waals surface area (Å²) < 4.78 is 12.1. The third-order valence-electron chi connectivity index (χ3n) is 7.93. The summed E-state index contributed by atoms with van der Waals surface area (Å²) >= 11 is 11.1. The van der Waals surface area contributed by atoms with Crippen LogP contribution < -0.4 is 19.3 Å². The number of benzene rings is 5. The summed E-state index contributed by atoms with van der Waals surface area (Å²) in [6.07, 6.45) is 0. The van der Waals surface area contributed by atoms with Crippen LogP contribution in [0.25, 0.3) is 0 Å². The lowest BCUT2D eigenvalue weighted by molar-refractivity contribution is 0.0910. The van der Waals surface area contributed by atoms with E-state index in [1.807, 2.05) is 0 Å². The molecule has 0 N–H and O–H groups in total. The van der Waals surface area contributed by atoms with Gasteiger partial charge in [-0.2, -0.15) is 5.26 Å². The minimum atomic E-state index is -0.766. The van der Waals surface area contributed by atoms with Gasteiger partial charge in [0.2, 0.25) is 0 Å². The molecular weight excluding hydrogens is 685 g/mol. The zero-order chi connectivity index (χ0) is 35.3. The van der Waals surface area contributed by atoms with Crippen molar-refractivity contribution in [2.24, 2.45) is 0 Å². The number of hydrogen-bond acceptors (Lipinski definition) is 9. The zero-order valence-corrected chi connectivity index (χ0v) is 26.7. The molecule has 7 rings (SSSR count). The number of amides is 4.